The molecule has 1 heterocycles. The highest BCUT2D eigenvalue weighted by Crippen LogP contribution is 2.36. The summed E-state index contributed by atoms with van der Waals surface area (Å²) in [5.74, 6) is 1.94. The Bertz CT molecular complexity index is 225. The van der Waals surface area contributed by atoms with E-state index in [1.54, 1.807) is 0 Å². The highest BCUT2D eigenvalue weighted by Gasteiger charge is 2.29. The Morgan fingerprint density at radius 3 is 2.78 bits per heavy atom. The van der Waals surface area contributed by atoms with Crippen molar-refractivity contribution in [2.45, 2.75) is 76.9 Å². The Labute approximate surface area is 113 Å². The Hall–Kier alpha value is -0.0800. The Morgan fingerprint density at radius 1 is 1.28 bits per heavy atom. The molecule has 0 spiro atoms. The van der Waals surface area contributed by atoms with Crippen LogP contribution < -0.4 is 5.32 Å². The largest absolute Gasteiger partial charge is 0.378 e. The summed E-state index contributed by atoms with van der Waals surface area (Å²) in [6.45, 7) is 3.35. The van der Waals surface area contributed by atoms with E-state index in [2.05, 4.69) is 19.3 Å². The molecule has 1 saturated heterocycles. The third-order valence-corrected chi connectivity index (χ3v) is 5.16. The molecule has 2 rings (SSSR count). The van der Waals surface area contributed by atoms with Crippen LogP contribution in [-0.4, -0.2) is 25.8 Å². The van der Waals surface area contributed by atoms with Gasteiger partial charge in [-0.05, 0) is 63.8 Å². The fraction of sp³-hybridized carbons (Fsp3) is 1.00. The second kappa shape index (κ2) is 7.49. The molecule has 0 bridgehead atoms. The maximum Gasteiger partial charge on any atom is 0.0576 e. The van der Waals surface area contributed by atoms with Crippen LogP contribution in [0.3, 0.4) is 0 Å². The number of ether oxygens (including phenoxy) is 1. The fourth-order valence-corrected chi connectivity index (χ4v) is 3.90. The smallest absolute Gasteiger partial charge is 0.0576 e. The topological polar surface area (TPSA) is 21.3 Å². The number of hydrogen-bond acceptors (Lipinski definition) is 2. The minimum Gasteiger partial charge on any atom is -0.378 e. The summed E-state index contributed by atoms with van der Waals surface area (Å²) in [7, 11) is 2.15. The van der Waals surface area contributed by atoms with Gasteiger partial charge in [0.1, 0.15) is 0 Å². The van der Waals surface area contributed by atoms with Gasteiger partial charge < -0.3 is 10.1 Å². The van der Waals surface area contributed by atoms with Gasteiger partial charge in [-0.2, -0.15) is 0 Å². The third kappa shape index (κ3) is 3.96. The molecule has 0 aromatic carbocycles. The van der Waals surface area contributed by atoms with Crippen LogP contribution in [0.5, 0.6) is 0 Å². The number of hydrogen-bond donors (Lipinski definition) is 1. The first kappa shape index (κ1) is 14.3. The molecule has 1 aliphatic heterocycles. The zero-order valence-electron chi connectivity index (χ0n) is 12.3. The van der Waals surface area contributed by atoms with Gasteiger partial charge in [-0.1, -0.05) is 19.8 Å². The van der Waals surface area contributed by atoms with Gasteiger partial charge in [-0.3, -0.25) is 0 Å². The Kier molecular flexibility index (Phi) is 5.97. The summed E-state index contributed by atoms with van der Waals surface area (Å²) in [4.78, 5) is 0. The lowest BCUT2D eigenvalue weighted by atomic mass is 9.91. The average molecular weight is 253 g/mol. The molecule has 0 aromatic rings. The third-order valence-electron chi connectivity index (χ3n) is 5.16. The van der Waals surface area contributed by atoms with Crippen molar-refractivity contribution in [3.05, 3.63) is 0 Å². The van der Waals surface area contributed by atoms with Gasteiger partial charge in [0.15, 0.2) is 0 Å². The van der Waals surface area contributed by atoms with Gasteiger partial charge in [0.05, 0.1) is 6.10 Å². The normalized spacial score (nSPS) is 34.0. The van der Waals surface area contributed by atoms with Gasteiger partial charge in [0.25, 0.3) is 0 Å². The molecule has 2 fully saturated rings. The van der Waals surface area contributed by atoms with Crippen LogP contribution in [0.2, 0.25) is 0 Å². The summed E-state index contributed by atoms with van der Waals surface area (Å²) in [5, 5.41) is 3.57. The van der Waals surface area contributed by atoms with Gasteiger partial charge in [0, 0.05) is 12.6 Å². The highest BCUT2D eigenvalue weighted by molar-refractivity contribution is 4.83. The maximum absolute atomic E-state index is 5.71. The molecule has 0 aromatic heterocycles. The van der Waals surface area contributed by atoms with E-state index in [1.165, 1.54) is 57.8 Å². The van der Waals surface area contributed by atoms with Gasteiger partial charge >= 0.3 is 0 Å². The van der Waals surface area contributed by atoms with Crippen LogP contribution in [0.25, 0.3) is 0 Å². The van der Waals surface area contributed by atoms with E-state index in [1.807, 2.05) is 0 Å². The Balaban J connectivity index is 1.65. The fourth-order valence-electron chi connectivity index (χ4n) is 3.90. The molecule has 2 aliphatic rings. The molecule has 2 heteroatoms. The summed E-state index contributed by atoms with van der Waals surface area (Å²) in [6, 6.07) is 0.753. The average Bonchev–Trinajstić information content (AvgIpc) is 3.05. The summed E-state index contributed by atoms with van der Waals surface area (Å²) >= 11 is 0. The first-order valence-corrected chi connectivity index (χ1v) is 8.12. The molecule has 1 aliphatic carbocycles. The van der Waals surface area contributed by atoms with Gasteiger partial charge in [-0.25, -0.2) is 0 Å². The Morgan fingerprint density at radius 2 is 2.17 bits per heavy atom. The molecule has 0 radical (unpaired) electrons. The van der Waals surface area contributed by atoms with Crippen molar-refractivity contribution in [3.8, 4) is 0 Å². The van der Waals surface area contributed by atoms with Crippen molar-refractivity contribution in [1.29, 1.82) is 0 Å². The molecule has 18 heavy (non-hydrogen) atoms. The second-order valence-electron chi connectivity index (χ2n) is 6.31. The van der Waals surface area contributed by atoms with Crippen molar-refractivity contribution in [2.24, 2.45) is 11.8 Å². The van der Waals surface area contributed by atoms with E-state index in [0.717, 1.165) is 24.5 Å². The van der Waals surface area contributed by atoms with E-state index in [9.17, 15) is 0 Å². The minimum atomic E-state index is 0.578. The van der Waals surface area contributed by atoms with Crippen molar-refractivity contribution < 1.29 is 4.74 Å². The van der Waals surface area contributed by atoms with Crippen molar-refractivity contribution >= 4 is 0 Å². The van der Waals surface area contributed by atoms with Gasteiger partial charge in [-0.15, -0.1) is 0 Å². The van der Waals surface area contributed by atoms with E-state index < -0.39 is 0 Å². The van der Waals surface area contributed by atoms with E-state index in [0.29, 0.717) is 6.10 Å². The molecule has 4 atom stereocenters. The lowest BCUT2D eigenvalue weighted by molar-refractivity contribution is 0.100. The van der Waals surface area contributed by atoms with Crippen molar-refractivity contribution in [3.63, 3.8) is 0 Å². The van der Waals surface area contributed by atoms with Crippen LogP contribution in [0.15, 0.2) is 0 Å². The van der Waals surface area contributed by atoms with Crippen LogP contribution in [0.1, 0.15) is 64.7 Å². The van der Waals surface area contributed by atoms with Gasteiger partial charge in [0.2, 0.25) is 0 Å². The molecule has 1 saturated carbocycles. The predicted molar refractivity (Wildman–Crippen MR) is 76.8 cm³/mol. The monoisotopic (exact) mass is 253 g/mol. The van der Waals surface area contributed by atoms with E-state index in [4.69, 9.17) is 4.74 Å². The number of nitrogens with one attached hydrogen (secondary N) is 1. The zero-order valence-corrected chi connectivity index (χ0v) is 12.3. The molecular formula is C16H31NO. The lowest BCUT2D eigenvalue weighted by Gasteiger charge is -2.24. The van der Waals surface area contributed by atoms with Crippen LogP contribution in [0.4, 0.5) is 0 Å². The zero-order chi connectivity index (χ0) is 12.8. The predicted octanol–water partition coefficient (Wildman–Crippen LogP) is 3.75. The second-order valence-corrected chi connectivity index (χ2v) is 6.31. The van der Waals surface area contributed by atoms with Crippen LogP contribution >= 0.6 is 0 Å². The maximum atomic E-state index is 5.71. The van der Waals surface area contributed by atoms with Crippen molar-refractivity contribution in [2.75, 3.05) is 13.7 Å². The lowest BCUT2D eigenvalue weighted by Crippen LogP contribution is -2.32. The quantitative estimate of drug-likeness (QED) is 0.746. The molecule has 0 amide bonds. The molecule has 1 N–H and O–H groups in total. The molecule has 106 valence electrons. The van der Waals surface area contributed by atoms with Crippen molar-refractivity contribution in [1.82, 2.24) is 5.32 Å². The molecular weight excluding hydrogens is 222 g/mol. The standard InChI is InChI=1S/C16H31NO/c1-3-13-9-10-14(12-13)16(17-2)8-4-6-15-7-5-11-18-15/h13-17H,3-12H2,1-2H3. The highest BCUT2D eigenvalue weighted by atomic mass is 16.5. The van der Waals surface area contributed by atoms with Crippen LogP contribution in [0, 0.1) is 11.8 Å². The van der Waals surface area contributed by atoms with Crippen LogP contribution in [-0.2, 0) is 4.74 Å². The number of rotatable bonds is 7. The first-order valence-electron chi connectivity index (χ1n) is 8.12. The first-order chi connectivity index (χ1) is 8.83. The summed E-state index contributed by atoms with van der Waals surface area (Å²) in [6.07, 6.45) is 12.9. The SMILES string of the molecule is CCC1CCC(C(CCCC2CCCO2)NC)C1. The summed E-state index contributed by atoms with van der Waals surface area (Å²) < 4.78 is 5.71. The van der Waals surface area contributed by atoms with E-state index in [-0.39, 0.29) is 0 Å². The minimum absolute atomic E-state index is 0.578. The molecule has 2 nitrogen and oxygen atoms in total. The summed E-state index contributed by atoms with van der Waals surface area (Å²) in [5.41, 5.74) is 0. The molecule has 4 unspecified atom stereocenters. The van der Waals surface area contributed by atoms with E-state index >= 15 is 0 Å².